The van der Waals surface area contributed by atoms with E-state index in [1.165, 1.54) is 80.4 Å². The molecule has 0 atom stereocenters. The van der Waals surface area contributed by atoms with E-state index in [0.717, 1.165) is 0 Å². The zero-order valence-corrected chi connectivity index (χ0v) is 20.3. The van der Waals surface area contributed by atoms with Crippen molar-refractivity contribution in [2.45, 2.75) is 9.79 Å². The second kappa shape index (κ2) is 6.81. The number of hydrogen-bond donors (Lipinski definition) is 0. The second-order valence-corrected chi connectivity index (χ2v) is 11.1. The molecule has 0 fully saturated rings. The lowest BCUT2D eigenvalue weighted by molar-refractivity contribution is 1.46. The SMILES string of the molecule is c1cc2c3c(c1)-c1cc4c5ccccc5ccc4c4cccc(c14)B3c1ccc3ccccc3c1S2. The fourth-order valence-corrected chi connectivity index (χ4v) is 8.11. The van der Waals surface area contributed by atoms with Crippen molar-refractivity contribution in [2.75, 3.05) is 0 Å². The van der Waals surface area contributed by atoms with Crippen LogP contribution in [0.2, 0.25) is 0 Å². The Kier molecular flexibility index (Phi) is 3.63. The van der Waals surface area contributed by atoms with Crippen LogP contribution in [0.1, 0.15) is 0 Å². The zero-order valence-electron chi connectivity index (χ0n) is 19.5. The van der Waals surface area contributed by atoms with Gasteiger partial charge >= 0.3 is 0 Å². The largest absolute Gasteiger partial charge is 0.245 e. The topological polar surface area (TPSA) is 0 Å². The van der Waals surface area contributed by atoms with E-state index in [-0.39, 0.29) is 6.71 Å². The Labute approximate surface area is 213 Å². The quantitative estimate of drug-likeness (QED) is 0.166. The lowest BCUT2D eigenvalue weighted by Crippen LogP contribution is -2.57. The van der Waals surface area contributed by atoms with Gasteiger partial charge in [0.25, 0.3) is 0 Å². The molecule has 0 aliphatic carbocycles. The molecular formula is C34H19BS. The minimum absolute atomic E-state index is 0.256. The lowest BCUT2D eigenvalue weighted by Gasteiger charge is -2.34. The van der Waals surface area contributed by atoms with Gasteiger partial charge in [0.05, 0.1) is 0 Å². The molecule has 0 amide bonds. The van der Waals surface area contributed by atoms with Gasteiger partial charge in [0.2, 0.25) is 6.71 Å². The van der Waals surface area contributed by atoms with Crippen molar-refractivity contribution in [2.24, 2.45) is 0 Å². The molecule has 0 nitrogen and oxygen atoms in total. The van der Waals surface area contributed by atoms with Gasteiger partial charge in [-0.1, -0.05) is 126 Å². The summed E-state index contributed by atoms with van der Waals surface area (Å²) in [5.74, 6) is 0. The highest BCUT2D eigenvalue weighted by Crippen LogP contribution is 2.43. The van der Waals surface area contributed by atoms with Gasteiger partial charge < -0.3 is 0 Å². The molecule has 36 heavy (non-hydrogen) atoms. The van der Waals surface area contributed by atoms with Crippen LogP contribution in [0.15, 0.2) is 125 Å². The van der Waals surface area contributed by atoms with E-state index in [0.29, 0.717) is 0 Å². The minimum Gasteiger partial charge on any atom is -0.0905 e. The van der Waals surface area contributed by atoms with Crippen molar-refractivity contribution in [1.82, 2.24) is 0 Å². The van der Waals surface area contributed by atoms with Crippen LogP contribution in [-0.2, 0) is 0 Å². The molecule has 164 valence electrons. The first-order valence-corrected chi connectivity index (χ1v) is 13.4. The van der Waals surface area contributed by atoms with Gasteiger partial charge in [-0.2, -0.15) is 0 Å². The van der Waals surface area contributed by atoms with Crippen molar-refractivity contribution >= 4 is 78.0 Å². The first-order valence-electron chi connectivity index (χ1n) is 12.6. The fourth-order valence-electron chi connectivity index (χ4n) is 6.81. The van der Waals surface area contributed by atoms with Gasteiger partial charge in [-0.15, -0.1) is 0 Å². The van der Waals surface area contributed by atoms with Gasteiger partial charge in [0.15, 0.2) is 0 Å². The maximum absolute atomic E-state index is 2.47. The van der Waals surface area contributed by atoms with Crippen LogP contribution in [0.25, 0.3) is 54.2 Å². The van der Waals surface area contributed by atoms with Crippen molar-refractivity contribution in [3.8, 4) is 11.1 Å². The summed E-state index contributed by atoms with van der Waals surface area (Å²) in [5, 5.41) is 10.8. The van der Waals surface area contributed by atoms with Gasteiger partial charge in [0.1, 0.15) is 0 Å². The summed E-state index contributed by atoms with van der Waals surface area (Å²) in [6.07, 6.45) is 0. The average Bonchev–Trinajstić information content (AvgIpc) is 2.94. The number of hydrogen-bond acceptors (Lipinski definition) is 1. The highest BCUT2D eigenvalue weighted by atomic mass is 32.2. The maximum Gasteiger partial charge on any atom is 0.245 e. The van der Waals surface area contributed by atoms with E-state index in [1.54, 1.807) is 0 Å². The molecule has 0 saturated heterocycles. The molecule has 7 aromatic carbocycles. The van der Waals surface area contributed by atoms with Crippen LogP contribution in [0.4, 0.5) is 0 Å². The Morgan fingerprint density at radius 3 is 2.14 bits per heavy atom. The Balaban J connectivity index is 1.47. The van der Waals surface area contributed by atoms with Crippen molar-refractivity contribution in [3.05, 3.63) is 115 Å². The number of benzene rings is 7. The molecule has 0 radical (unpaired) electrons. The summed E-state index contributed by atoms with van der Waals surface area (Å²) in [4.78, 5) is 2.80. The van der Waals surface area contributed by atoms with E-state index >= 15 is 0 Å². The van der Waals surface area contributed by atoms with Crippen LogP contribution in [0.3, 0.4) is 0 Å². The Hall–Kier alpha value is -4.01. The molecule has 0 spiro atoms. The second-order valence-electron chi connectivity index (χ2n) is 10.0. The monoisotopic (exact) mass is 470 g/mol. The first-order chi connectivity index (χ1) is 17.9. The van der Waals surface area contributed by atoms with E-state index < -0.39 is 0 Å². The fraction of sp³-hybridized carbons (Fsp3) is 0. The van der Waals surface area contributed by atoms with Crippen molar-refractivity contribution in [1.29, 1.82) is 0 Å². The number of rotatable bonds is 0. The Bertz CT molecular complexity index is 2090. The molecule has 2 aliphatic heterocycles. The lowest BCUT2D eigenvalue weighted by atomic mass is 9.33. The Morgan fingerprint density at radius 2 is 1.22 bits per heavy atom. The van der Waals surface area contributed by atoms with E-state index in [2.05, 4.69) is 115 Å². The van der Waals surface area contributed by atoms with Crippen LogP contribution in [-0.4, -0.2) is 6.71 Å². The van der Waals surface area contributed by atoms with Gasteiger partial charge in [0, 0.05) is 9.79 Å². The van der Waals surface area contributed by atoms with Gasteiger partial charge in [-0.3, -0.25) is 0 Å². The predicted octanol–water partition coefficient (Wildman–Crippen LogP) is 7.26. The predicted molar refractivity (Wildman–Crippen MR) is 157 cm³/mol. The Morgan fingerprint density at radius 1 is 0.472 bits per heavy atom. The van der Waals surface area contributed by atoms with Crippen LogP contribution < -0.4 is 16.4 Å². The normalized spacial score (nSPS) is 13.4. The van der Waals surface area contributed by atoms with Crippen LogP contribution in [0, 0.1) is 0 Å². The van der Waals surface area contributed by atoms with Crippen molar-refractivity contribution < 1.29 is 0 Å². The molecule has 2 aliphatic rings. The highest BCUT2D eigenvalue weighted by Gasteiger charge is 2.38. The average molecular weight is 470 g/mol. The molecular weight excluding hydrogens is 451 g/mol. The van der Waals surface area contributed by atoms with E-state index in [1.807, 2.05) is 11.8 Å². The molecule has 0 aromatic heterocycles. The summed E-state index contributed by atoms with van der Waals surface area (Å²) in [7, 11) is 0. The minimum atomic E-state index is 0.256. The van der Waals surface area contributed by atoms with Crippen molar-refractivity contribution in [3.63, 3.8) is 0 Å². The molecule has 0 bridgehead atoms. The molecule has 0 N–H and O–H groups in total. The third kappa shape index (κ3) is 2.33. The summed E-state index contributed by atoms with van der Waals surface area (Å²) < 4.78 is 0. The summed E-state index contributed by atoms with van der Waals surface area (Å²) in [6, 6.07) is 43.3. The molecule has 9 rings (SSSR count). The maximum atomic E-state index is 2.47. The third-order valence-electron chi connectivity index (χ3n) is 8.30. The van der Waals surface area contributed by atoms with E-state index in [9.17, 15) is 0 Å². The smallest absolute Gasteiger partial charge is 0.0905 e. The molecule has 2 heterocycles. The highest BCUT2D eigenvalue weighted by molar-refractivity contribution is 8.00. The molecule has 7 aromatic rings. The zero-order chi connectivity index (χ0) is 23.4. The summed E-state index contributed by atoms with van der Waals surface area (Å²) in [5.41, 5.74) is 7.12. The standard InChI is InChI=1S/C34H19BS/c1-3-9-22-20(7-1)15-17-24-25-11-5-13-29-32(25)28(19-27(22)24)26-12-6-14-31-33(26)35(29)30-18-16-21-8-2-4-10-23(21)34(30)36-31/h1-19H. The summed E-state index contributed by atoms with van der Waals surface area (Å²) >= 11 is 1.95. The molecule has 0 unspecified atom stereocenters. The third-order valence-corrected chi connectivity index (χ3v) is 9.54. The summed E-state index contributed by atoms with van der Waals surface area (Å²) in [6.45, 7) is 0.256. The first kappa shape index (κ1) is 19.2. The van der Waals surface area contributed by atoms with Gasteiger partial charge in [-0.25, -0.2) is 0 Å². The van der Waals surface area contributed by atoms with Gasteiger partial charge in [-0.05, 0) is 71.8 Å². The number of fused-ring (bicyclic) bond motifs is 10. The van der Waals surface area contributed by atoms with E-state index in [4.69, 9.17) is 0 Å². The van der Waals surface area contributed by atoms with Crippen LogP contribution in [0.5, 0.6) is 0 Å². The molecule has 2 heteroatoms. The molecule has 0 saturated carbocycles. The van der Waals surface area contributed by atoms with Crippen LogP contribution >= 0.6 is 11.8 Å².